The van der Waals surface area contributed by atoms with Gasteiger partial charge in [0.05, 0.1) is 0 Å². The Morgan fingerprint density at radius 1 is 1.04 bits per heavy atom. The van der Waals surface area contributed by atoms with Crippen molar-refractivity contribution in [1.29, 1.82) is 0 Å². The van der Waals surface area contributed by atoms with Crippen LogP contribution >= 0.6 is 0 Å². The van der Waals surface area contributed by atoms with E-state index in [0.717, 1.165) is 5.56 Å². The van der Waals surface area contributed by atoms with Crippen LogP contribution in [0.25, 0.3) is 6.08 Å². The first-order valence-electron chi connectivity index (χ1n) is 7.98. The summed E-state index contributed by atoms with van der Waals surface area (Å²) in [6.45, 7) is 3.19. The van der Waals surface area contributed by atoms with Crippen LogP contribution in [-0.4, -0.2) is 17.7 Å². The van der Waals surface area contributed by atoms with Crippen LogP contribution in [-0.2, 0) is 25.7 Å². The minimum Gasteiger partial charge on any atom is -0.489 e. The summed E-state index contributed by atoms with van der Waals surface area (Å²) >= 11 is 0. The lowest BCUT2D eigenvalue weighted by Gasteiger charge is -2.29. The van der Waals surface area contributed by atoms with E-state index >= 15 is 0 Å². The number of esters is 2. The molecule has 0 aromatic heterocycles. The minimum absolute atomic E-state index is 0.174. The third kappa shape index (κ3) is 4.27. The molecular formula is C20H17FO5. The molecule has 0 aliphatic carbocycles. The summed E-state index contributed by atoms with van der Waals surface area (Å²) in [5.41, 5.74) is 1.24. The van der Waals surface area contributed by atoms with E-state index in [2.05, 4.69) is 0 Å². The Balaban J connectivity index is 1.75. The maximum absolute atomic E-state index is 13.2. The molecule has 0 bridgehead atoms. The molecule has 0 N–H and O–H groups in total. The molecule has 1 aliphatic rings. The van der Waals surface area contributed by atoms with Crippen LogP contribution < -0.4 is 4.74 Å². The van der Waals surface area contributed by atoms with Crippen LogP contribution in [0.1, 0.15) is 25.0 Å². The van der Waals surface area contributed by atoms with E-state index in [9.17, 15) is 14.0 Å². The number of hydrogen-bond acceptors (Lipinski definition) is 5. The molecular weight excluding hydrogens is 339 g/mol. The van der Waals surface area contributed by atoms with Gasteiger partial charge in [0.1, 0.15) is 23.7 Å². The Bertz CT molecular complexity index is 863. The summed E-state index contributed by atoms with van der Waals surface area (Å²) in [5.74, 6) is -2.69. The monoisotopic (exact) mass is 356 g/mol. The van der Waals surface area contributed by atoms with E-state index < -0.39 is 17.7 Å². The molecule has 6 heteroatoms. The zero-order chi connectivity index (χ0) is 18.7. The third-order valence-corrected chi connectivity index (χ3v) is 3.58. The number of cyclic esters (lactones) is 2. The fourth-order valence-corrected chi connectivity index (χ4v) is 2.44. The average Bonchev–Trinajstić information content (AvgIpc) is 2.56. The number of hydrogen-bond donors (Lipinski definition) is 0. The molecule has 5 nitrogen and oxygen atoms in total. The number of carbonyl (C=O) groups excluding carboxylic acids is 2. The molecule has 0 atom stereocenters. The van der Waals surface area contributed by atoms with Gasteiger partial charge in [0.15, 0.2) is 0 Å². The van der Waals surface area contributed by atoms with Crippen LogP contribution in [0.4, 0.5) is 4.39 Å². The number of ether oxygens (including phenoxy) is 3. The lowest BCUT2D eigenvalue weighted by molar-refractivity contribution is -0.222. The van der Waals surface area contributed by atoms with Gasteiger partial charge in [0.2, 0.25) is 0 Å². The van der Waals surface area contributed by atoms with E-state index in [1.54, 1.807) is 30.3 Å². The number of benzene rings is 2. The molecule has 26 heavy (non-hydrogen) atoms. The van der Waals surface area contributed by atoms with Crippen molar-refractivity contribution in [2.75, 3.05) is 0 Å². The van der Waals surface area contributed by atoms with Crippen LogP contribution in [0.15, 0.2) is 54.1 Å². The van der Waals surface area contributed by atoms with Crippen molar-refractivity contribution in [2.24, 2.45) is 0 Å². The predicted molar refractivity (Wildman–Crippen MR) is 91.4 cm³/mol. The summed E-state index contributed by atoms with van der Waals surface area (Å²) in [6.07, 6.45) is 1.41. The molecule has 0 radical (unpaired) electrons. The Kier molecular flexibility index (Phi) is 4.75. The molecule has 134 valence electrons. The van der Waals surface area contributed by atoms with Gasteiger partial charge >= 0.3 is 11.9 Å². The second-order valence-electron chi connectivity index (χ2n) is 6.23. The van der Waals surface area contributed by atoms with Gasteiger partial charge in [0.25, 0.3) is 5.79 Å². The molecule has 2 aromatic carbocycles. The molecule has 1 aliphatic heterocycles. The van der Waals surface area contributed by atoms with Crippen molar-refractivity contribution in [3.8, 4) is 5.75 Å². The zero-order valence-corrected chi connectivity index (χ0v) is 14.3. The maximum Gasteiger partial charge on any atom is 0.348 e. The van der Waals surface area contributed by atoms with E-state index in [0.29, 0.717) is 11.3 Å². The third-order valence-electron chi connectivity index (χ3n) is 3.58. The van der Waals surface area contributed by atoms with Gasteiger partial charge in [-0.05, 0) is 35.4 Å². The lowest BCUT2D eigenvalue weighted by atomic mass is 10.1. The first-order valence-corrected chi connectivity index (χ1v) is 7.98. The first-order chi connectivity index (χ1) is 12.3. The van der Waals surface area contributed by atoms with Crippen LogP contribution in [0, 0.1) is 5.82 Å². The standard InChI is InChI=1S/C20H17FO5/c1-20(2)25-18(22)17(19(23)26-20)10-13-5-3-6-14(9-13)12-24-16-8-4-7-15(21)11-16/h3-11H,12H2,1-2H3. The Morgan fingerprint density at radius 2 is 1.73 bits per heavy atom. The maximum atomic E-state index is 13.2. The Hall–Kier alpha value is -3.15. The van der Waals surface area contributed by atoms with E-state index in [1.807, 2.05) is 6.07 Å². The van der Waals surface area contributed by atoms with Crippen molar-refractivity contribution >= 4 is 18.0 Å². The fraction of sp³-hybridized carbons (Fsp3) is 0.200. The van der Waals surface area contributed by atoms with Crippen molar-refractivity contribution in [3.63, 3.8) is 0 Å². The van der Waals surface area contributed by atoms with Gasteiger partial charge in [-0.3, -0.25) is 0 Å². The van der Waals surface area contributed by atoms with Gasteiger partial charge in [-0.25, -0.2) is 14.0 Å². The second-order valence-corrected chi connectivity index (χ2v) is 6.23. The van der Waals surface area contributed by atoms with E-state index in [4.69, 9.17) is 14.2 Å². The largest absolute Gasteiger partial charge is 0.489 e. The molecule has 2 aromatic rings. The quantitative estimate of drug-likeness (QED) is 0.476. The molecule has 0 amide bonds. The number of halogens is 1. The highest BCUT2D eigenvalue weighted by Crippen LogP contribution is 2.24. The smallest absolute Gasteiger partial charge is 0.348 e. The molecule has 1 fully saturated rings. The molecule has 0 saturated carbocycles. The molecule has 1 saturated heterocycles. The van der Waals surface area contributed by atoms with E-state index in [1.165, 1.54) is 32.1 Å². The number of rotatable bonds is 4. The lowest BCUT2D eigenvalue weighted by Crippen LogP contribution is -2.41. The number of carbonyl (C=O) groups is 2. The second kappa shape index (κ2) is 7.00. The molecule has 0 spiro atoms. The highest BCUT2D eigenvalue weighted by atomic mass is 19.1. The summed E-state index contributed by atoms with van der Waals surface area (Å²) < 4.78 is 28.8. The van der Waals surface area contributed by atoms with E-state index in [-0.39, 0.29) is 18.0 Å². The zero-order valence-electron chi connectivity index (χ0n) is 14.3. The van der Waals surface area contributed by atoms with Gasteiger partial charge in [-0.1, -0.05) is 24.3 Å². The topological polar surface area (TPSA) is 61.8 Å². The molecule has 3 rings (SSSR count). The van der Waals surface area contributed by atoms with Crippen molar-refractivity contribution in [1.82, 2.24) is 0 Å². The summed E-state index contributed by atoms with van der Waals surface area (Å²) in [5, 5.41) is 0. The van der Waals surface area contributed by atoms with Crippen molar-refractivity contribution in [2.45, 2.75) is 26.2 Å². The Morgan fingerprint density at radius 3 is 2.42 bits per heavy atom. The SMILES string of the molecule is CC1(C)OC(=O)C(=Cc2cccc(COc3cccc(F)c3)c2)C(=O)O1. The van der Waals surface area contributed by atoms with Crippen molar-refractivity contribution in [3.05, 3.63) is 71.0 Å². The first kappa shape index (κ1) is 17.7. The van der Waals surface area contributed by atoms with Gasteiger partial charge < -0.3 is 14.2 Å². The van der Waals surface area contributed by atoms with Gasteiger partial charge in [0, 0.05) is 19.9 Å². The highest BCUT2D eigenvalue weighted by molar-refractivity contribution is 6.18. The summed E-state index contributed by atoms with van der Waals surface area (Å²) in [6, 6.07) is 12.9. The predicted octanol–water partition coefficient (Wildman–Crippen LogP) is 3.62. The fourth-order valence-electron chi connectivity index (χ4n) is 2.44. The van der Waals surface area contributed by atoms with Crippen LogP contribution in [0.5, 0.6) is 5.75 Å². The minimum atomic E-state index is -1.27. The van der Waals surface area contributed by atoms with Crippen LogP contribution in [0.3, 0.4) is 0 Å². The van der Waals surface area contributed by atoms with Gasteiger partial charge in [-0.15, -0.1) is 0 Å². The normalized spacial score (nSPS) is 15.9. The molecule has 0 unspecified atom stereocenters. The summed E-state index contributed by atoms with van der Waals surface area (Å²) in [4.78, 5) is 24.0. The highest BCUT2D eigenvalue weighted by Gasteiger charge is 2.38. The summed E-state index contributed by atoms with van der Waals surface area (Å²) in [7, 11) is 0. The van der Waals surface area contributed by atoms with Crippen molar-refractivity contribution < 1.29 is 28.2 Å². The van der Waals surface area contributed by atoms with Crippen LogP contribution in [0.2, 0.25) is 0 Å². The Labute approximate surface area is 150 Å². The average molecular weight is 356 g/mol. The molecule has 1 heterocycles. The van der Waals surface area contributed by atoms with Gasteiger partial charge in [-0.2, -0.15) is 0 Å².